The average Bonchev–Trinajstić information content (AvgIpc) is 2.54. The minimum absolute atomic E-state index is 0.693. The molecule has 4 heteroatoms. The molecule has 0 unspecified atom stereocenters. The van der Waals surface area contributed by atoms with Crippen molar-refractivity contribution in [1.82, 2.24) is 9.80 Å². The maximum Gasteiger partial charge on any atom is 0.123 e. The normalized spacial score (nSPS) is 18.5. The highest BCUT2D eigenvalue weighted by atomic mass is 16.5. The number of methoxy groups -OCH3 is 2. The van der Waals surface area contributed by atoms with E-state index >= 15 is 0 Å². The third-order valence-corrected chi connectivity index (χ3v) is 4.50. The largest absolute Gasteiger partial charge is 0.497 e. The standard InChI is InChI=1S/C17H28N2O2/c1-5-14(2)19-10-8-18(9-11-19)13-15-12-16(20-3)6-7-17(15)21-4/h6-7,12,14H,5,8-11,13H2,1-4H3/t14-/m1/s1. The second-order valence-corrected chi connectivity index (χ2v) is 5.75. The van der Waals surface area contributed by atoms with Crippen LogP contribution in [0.1, 0.15) is 25.8 Å². The summed E-state index contributed by atoms with van der Waals surface area (Å²) >= 11 is 0. The molecule has 1 heterocycles. The van der Waals surface area contributed by atoms with Gasteiger partial charge >= 0.3 is 0 Å². The van der Waals surface area contributed by atoms with Crippen molar-refractivity contribution in [3.63, 3.8) is 0 Å². The molecule has 0 aliphatic carbocycles. The number of benzene rings is 1. The predicted molar refractivity (Wildman–Crippen MR) is 86.1 cm³/mol. The molecule has 1 atom stereocenters. The number of ether oxygens (including phenoxy) is 2. The minimum Gasteiger partial charge on any atom is -0.497 e. The zero-order valence-corrected chi connectivity index (χ0v) is 13.8. The van der Waals surface area contributed by atoms with E-state index < -0.39 is 0 Å². The molecule has 21 heavy (non-hydrogen) atoms. The molecule has 0 bridgehead atoms. The van der Waals surface area contributed by atoms with Crippen LogP contribution in [0.4, 0.5) is 0 Å². The highest BCUT2D eigenvalue weighted by Gasteiger charge is 2.21. The van der Waals surface area contributed by atoms with Gasteiger partial charge in [-0.3, -0.25) is 9.80 Å². The van der Waals surface area contributed by atoms with Gasteiger partial charge in [0.15, 0.2) is 0 Å². The Bertz CT molecular complexity index is 442. The van der Waals surface area contributed by atoms with E-state index in [1.165, 1.54) is 12.0 Å². The summed E-state index contributed by atoms with van der Waals surface area (Å²) in [5.74, 6) is 1.84. The molecule has 1 saturated heterocycles. The molecule has 1 aliphatic rings. The van der Waals surface area contributed by atoms with Crippen LogP contribution in [0.5, 0.6) is 11.5 Å². The summed E-state index contributed by atoms with van der Waals surface area (Å²) in [7, 11) is 3.43. The zero-order valence-electron chi connectivity index (χ0n) is 13.8. The van der Waals surface area contributed by atoms with Crippen LogP contribution in [0.15, 0.2) is 18.2 Å². The molecule has 0 N–H and O–H groups in total. The van der Waals surface area contributed by atoms with Crippen molar-refractivity contribution in [2.24, 2.45) is 0 Å². The Hall–Kier alpha value is -1.26. The summed E-state index contributed by atoms with van der Waals surface area (Å²) in [6.07, 6.45) is 1.23. The summed E-state index contributed by atoms with van der Waals surface area (Å²) < 4.78 is 10.8. The highest BCUT2D eigenvalue weighted by molar-refractivity contribution is 5.40. The van der Waals surface area contributed by atoms with E-state index in [0.29, 0.717) is 6.04 Å². The zero-order chi connectivity index (χ0) is 15.2. The lowest BCUT2D eigenvalue weighted by Crippen LogP contribution is -2.49. The minimum atomic E-state index is 0.693. The van der Waals surface area contributed by atoms with Crippen molar-refractivity contribution in [3.8, 4) is 11.5 Å². The van der Waals surface area contributed by atoms with E-state index in [4.69, 9.17) is 9.47 Å². The SMILES string of the molecule is CC[C@@H](C)N1CCN(Cc2cc(OC)ccc2OC)CC1. The molecule has 4 nitrogen and oxygen atoms in total. The molecule has 2 rings (SSSR count). The second-order valence-electron chi connectivity index (χ2n) is 5.75. The third kappa shape index (κ3) is 4.11. The predicted octanol–water partition coefficient (Wildman–Crippen LogP) is 2.62. The Morgan fingerprint density at radius 1 is 1.10 bits per heavy atom. The van der Waals surface area contributed by atoms with Gasteiger partial charge < -0.3 is 9.47 Å². The molecule has 1 aliphatic heterocycles. The first kappa shape index (κ1) is 16.1. The van der Waals surface area contributed by atoms with Crippen molar-refractivity contribution in [2.75, 3.05) is 40.4 Å². The Kier molecular flexibility index (Phi) is 5.88. The van der Waals surface area contributed by atoms with E-state index in [-0.39, 0.29) is 0 Å². The monoisotopic (exact) mass is 292 g/mol. The van der Waals surface area contributed by atoms with E-state index in [1.807, 2.05) is 12.1 Å². The van der Waals surface area contributed by atoms with Crippen molar-refractivity contribution in [1.29, 1.82) is 0 Å². The van der Waals surface area contributed by atoms with Crippen LogP contribution in [0, 0.1) is 0 Å². The topological polar surface area (TPSA) is 24.9 Å². The smallest absolute Gasteiger partial charge is 0.123 e. The molecule has 118 valence electrons. The molecular weight excluding hydrogens is 264 g/mol. The molecular formula is C17H28N2O2. The maximum absolute atomic E-state index is 5.47. The molecule has 1 fully saturated rings. The van der Waals surface area contributed by atoms with Crippen LogP contribution in [0.2, 0.25) is 0 Å². The van der Waals surface area contributed by atoms with Gasteiger partial charge in [0.05, 0.1) is 14.2 Å². The quantitative estimate of drug-likeness (QED) is 0.805. The highest BCUT2D eigenvalue weighted by Crippen LogP contribution is 2.25. The second kappa shape index (κ2) is 7.66. The van der Waals surface area contributed by atoms with E-state index in [9.17, 15) is 0 Å². The summed E-state index contributed by atoms with van der Waals surface area (Å²) in [5, 5.41) is 0. The van der Waals surface area contributed by atoms with Gasteiger partial charge in [-0.05, 0) is 31.5 Å². The first-order valence-corrected chi connectivity index (χ1v) is 7.85. The van der Waals surface area contributed by atoms with Crippen LogP contribution in [0.25, 0.3) is 0 Å². The number of rotatable bonds is 6. The van der Waals surface area contributed by atoms with Gasteiger partial charge in [-0.25, -0.2) is 0 Å². The summed E-state index contributed by atoms with van der Waals surface area (Å²) in [6, 6.07) is 6.71. The lowest BCUT2D eigenvalue weighted by Gasteiger charge is -2.38. The van der Waals surface area contributed by atoms with Crippen LogP contribution in [0.3, 0.4) is 0 Å². The van der Waals surface area contributed by atoms with Gasteiger partial charge in [0.2, 0.25) is 0 Å². The van der Waals surface area contributed by atoms with Crippen LogP contribution in [-0.2, 0) is 6.54 Å². The van der Waals surface area contributed by atoms with Gasteiger partial charge in [0.1, 0.15) is 11.5 Å². The van der Waals surface area contributed by atoms with Crippen LogP contribution >= 0.6 is 0 Å². The molecule has 1 aromatic rings. The summed E-state index contributed by atoms with van der Waals surface area (Å²) in [5.41, 5.74) is 1.20. The van der Waals surface area contributed by atoms with Crippen molar-refractivity contribution in [2.45, 2.75) is 32.9 Å². The van der Waals surface area contributed by atoms with Gasteiger partial charge in [0, 0.05) is 44.3 Å². The van der Waals surface area contributed by atoms with E-state index in [1.54, 1.807) is 14.2 Å². The summed E-state index contributed by atoms with van der Waals surface area (Å²) in [6.45, 7) is 10.0. The fraction of sp³-hybridized carbons (Fsp3) is 0.647. The molecule has 1 aromatic carbocycles. The molecule has 0 saturated carbocycles. The number of hydrogen-bond donors (Lipinski definition) is 0. The Labute approximate surface area is 128 Å². The Morgan fingerprint density at radius 3 is 2.38 bits per heavy atom. The lowest BCUT2D eigenvalue weighted by atomic mass is 10.1. The molecule has 0 aromatic heterocycles. The Balaban J connectivity index is 1.97. The first-order valence-electron chi connectivity index (χ1n) is 7.85. The van der Waals surface area contributed by atoms with E-state index in [2.05, 4.69) is 29.7 Å². The molecule has 0 spiro atoms. The van der Waals surface area contributed by atoms with Crippen molar-refractivity contribution >= 4 is 0 Å². The van der Waals surface area contributed by atoms with Crippen molar-refractivity contribution < 1.29 is 9.47 Å². The van der Waals surface area contributed by atoms with Crippen LogP contribution < -0.4 is 9.47 Å². The third-order valence-electron chi connectivity index (χ3n) is 4.50. The van der Waals surface area contributed by atoms with Gasteiger partial charge in [-0.1, -0.05) is 6.92 Å². The first-order chi connectivity index (χ1) is 10.2. The number of hydrogen-bond acceptors (Lipinski definition) is 4. The summed E-state index contributed by atoms with van der Waals surface area (Å²) in [4.78, 5) is 5.08. The van der Waals surface area contributed by atoms with Crippen LogP contribution in [-0.4, -0.2) is 56.2 Å². The average molecular weight is 292 g/mol. The van der Waals surface area contributed by atoms with E-state index in [0.717, 1.165) is 44.2 Å². The Morgan fingerprint density at radius 2 is 1.81 bits per heavy atom. The van der Waals surface area contributed by atoms with Gasteiger partial charge in [0.25, 0.3) is 0 Å². The molecule has 0 radical (unpaired) electrons. The maximum atomic E-state index is 5.47. The van der Waals surface area contributed by atoms with Crippen molar-refractivity contribution in [3.05, 3.63) is 23.8 Å². The fourth-order valence-electron chi connectivity index (χ4n) is 2.87. The number of piperazine rings is 1. The van der Waals surface area contributed by atoms with Gasteiger partial charge in [-0.2, -0.15) is 0 Å². The van der Waals surface area contributed by atoms with Gasteiger partial charge in [-0.15, -0.1) is 0 Å². The fourth-order valence-corrected chi connectivity index (χ4v) is 2.87. The lowest BCUT2D eigenvalue weighted by molar-refractivity contribution is 0.0958. The molecule has 0 amide bonds. The number of nitrogens with zero attached hydrogens (tertiary/aromatic N) is 2.